The first-order valence-corrected chi connectivity index (χ1v) is 8.83. The molecule has 0 aromatic carbocycles. The van der Waals surface area contributed by atoms with E-state index in [1.54, 1.807) is 17.1 Å². The van der Waals surface area contributed by atoms with E-state index in [1.165, 1.54) is 12.8 Å². The number of rotatable bonds is 7. The zero-order chi connectivity index (χ0) is 17.5. The quantitative estimate of drug-likeness (QED) is 0.809. The average Bonchev–Trinajstić information content (AvgIpc) is 3.28. The van der Waals surface area contributed by atoms with E-state index < -0.39 is 0 Å². The van der Waals surface area contributed by atoms with Crippen LogP contribution in [0, 0.1) is 0 Å². The van der Waals surface area contributed by atoms with E-state index in [9.17, 15) is 4.79 Å². The summed E-state index contributed by atoms with van der Waals surface area (Å²) in [6.45, 7) is 2.96. The third-order valence-corrected chi connectivity index (χ3v) is 4.27. The van der Waals surface area contributed by atoms with E-state index in [0.717, 1.165) is 18.4 Å². The molecule has 134 valence electrons. The Hall–Kier alpha value is -2.57. The zero-order valence-corrected chi connectivity index (χ0v) is 14.5. The number of carbonyl (C=O) groups is 1. The largest absolute Gasteiger partial charge is 0.474 e. The lowest BCUT2D eigenvalue weighted by Gasteiger charge is -2.17. The summed E-state index contributed by atoms with van der Waals surface area (Å²) < 4.78 is 7.79. The summed E-state index contributed by atoms with van der Waals surface area (Å²) in [5.74, 6) is 0.624. The van der Waals surface area contributed by atoms with Gasteiger partial charge in [0.2, 0.25) is 5.88 Å². The molecule has 1 saturated carbocycles. The maximum absolute atomic E-state index is 12.1. The van der Waals surface area contributed by atoms with Gasteiger partial charge in [-0.05, 0) is 44.7 Å². The van der Waals surface area contributed by atoms with Gasteiger partial charge >= 0.3 is 6.03 Å². The first-order chi connectivity index (χ1) is 12.2. The van der Waals surface area contributed by atoms with Gasteiger partial charge in [0.25, 0.3) is 0 Å². The maximum Gasteiger partial charge on any atom is 0.315 e. The highest BCUT2D eigenvalue weighted by Gasteiger charge is 2.18. The highest BCUT2D eigenvalue weighted by Crippen LogP contribution is 2.24. The summed E-state index contributed by atoms with van der Waals surface area (Å²) in [6.07, 6.45) is 10.1. The number of ether oxygens (including phenoxy) is 1. The fraction of sp³-hybridized carbons (Fsp3) is 0.500. The van der Waals surface area contributed by atoms with Crippen molar-refractivity contribution in [3.05, 3.63) is 42.4 Å². The van der Waals surface area contributed by atoms with Gasteiger partial charge in [-0.3, -0.25) is 4.68 Å². The van der Waals surface area contributed by atoms with E-state index in [4.69, 9.17) is 4.74 Å². The molecule has 2 aromatic rings. The maximum atomic E-state index is 12.1. The van der Waals surface area contributed by atoms with Gasteiger partial charge in [0.05, 0.1) is 6.54 Å². The summed E-state index contributed by atoms with van der Waals surface area (Å²) in [5, 5.41) is 9.92. The van der Waals surface area contributed by atoms with Crippen molar-refractivity contribution in [3.8, 4) is 5.88 Å². The molecule has 2 amide bonds. The summed E-state index contributed by atoms with van der Waals surface area (Å²) in [5.41, 5.74) is 0.893. The molecule has 2 aromatic heterocycles. The minimum absolute atomic E-state index is 0.0250. The van der Waals surface area contributed by atoms with Gasteiger partial charge in [0.15, 0.2) is 0 Å². The summed E-state index contributed by atoms with van der Waals surface area (Å²) >= 11 is 0. The lowest BCUT2D eigenvalue weighted by atomic mass is 10.2. The van der Waals surface area contributed by atoms with E-state index in [1.807, 2.05) is 31.3 Å². The van der Waals surface area contributed by atoms with E-state index in [2.05, 4.69) is 20.7 Å². The Morgan fingerprint density at radius 3 is 2.96 bits per heavy atom. The van der Waals surface area contributed by atoms with Crippen LogP contribution in [0.15, 0.2) is 36.8 Å². The molecule has 7 heteroatoms. The molecule has 0 aliphatic heterocycles. The third-order valence-electron chi connectivity index (χ3n) is 4.27. The third kappa shape index (κ3) is 5.20. The number of nitrogens with zero attached hydrogens (tertiary/aromatic N) is 3. The van der Waals surface area contributed by atoms with Crippen molar-refractivity contribution in [1.82, 2.24) is 25.4 Å². The van der Waals surface area contributed by atoms with Crippen LogP contribution in [0.3, 0.4) is 0 Å². The Kier molecular flexibility index (Phi) is 5.87. The number of carbonyl (C=O) groups excluding carboxylic acids is 1. The normalized spacial score (nSPS) is 15.7. The van der Waals surface area contributed by atoms with Gasteiger partial charge in [-0.1, -0.05) is 6.07 Å². The molecule has 0 spiro atoms. The molecular weight excluding hydrogens is 318 g/mol. The van der Waals surface area contributed by atoms with Crippen LogP contribution in [0.2, 0.25) is 0 Å². The van der Waals surface area contributed by atoms with Crippen LogP contribution in [0.1, 0.15) is 38.2 Å². The number of urea groups is 1. The summed E-state index contributed by atoms with van der Waals surface area (Å²) in [6, 6.07) is 5.42. The number of hydrogen-bond donors (Lipinski definition) is 2. The molecule has 0 unspecified atom stereocenters. The second-order valence-corrected chi connectivity index (χ2v) is 6.45. The Morgan fingerprint density at radius 2 is 2.20 bits per heavy atom. The van der Waals surface area contributed by atoms with Gasteiger partial charge in [-0.25, -0.2) is 9.78 Å². The SMILES string of the molecule is C[C@@H](Cn1cccn1)NC(=O)NCc1cccnc1OC1CCCC1. The topological polar surface area (TPSA) is 81.1 Å². The Balaban J connectivity index is 1.48. The van der Waals surface area contributed by atoms with E-state index in [0.29, 0.717) is 19.0 Å². The molecule has 3 rings (SSSR count). The molecule has 2 N–H and O–H groups in total. The highest BCUT2D eigenvalue weighted by atomic mass is 16.5. The minimum atomic E-state index is -0.213. The molecule has 1 fully saturated rings. The van der Waals surface area contributed by atoms with Crippen molar-refractivity contribution in [1.29, 1.82) is 0 Å². The molecule has 0 radical (unpaired) electrons. The average molecular weight is 343 g/mol. The highest BCUT2D eigenvalue weighted by molar-refractivity contribution is 5.74. The van der Waals surface area contributed by atoms with Gasteiger partial charge in [-0.2, -0.15) is 5.10 Å². The summed E-state index contributed by atoms with van der Waals surface area (Å²) in [4.78, 5) is 16.4. The predicted octanol–water partition coefficient (Wildman–Crippen LogP) is 2.49. The molecular formula is C18H25N5O2. The van der Waals surface area contributed by atoms with Crippen molar-refractivity contribution in [2.45, 2.75) is 57.8 Å². The van der Waals surface area contributed by atoms with Crippen LogP contribution in [0.5, 0.6) is 5.88 Å². The molecule has 0 bridgehead atoms. The van der Waals surface area contributed by atoms with Crippen molar-refractivity contribution >= 4 is 6.03 Å². The standard InChI is InChI=1S/C18H25N5O2/c1-14(13-23-11-5-10-21-23)22-18(24)20-12-15-6-4-9-19-17(15)25-16-7-2-3-8-16/h4-6,9-11,14,16H,2-3,7-8,12-13H2,1H3,(H2,20,22,24)/t14-/m0/s1. The van der Waals surface area contributed by atoms with Gasteiger partial charge < -0.3 is 15.4 Å². The van der Waals surface area contributed by atoms with Crippen molar-refractivity contribution in [2.75, 3.05) is 0 Å². The van der Waals surface area contributed by atoms with Crippen LogP contribution in [0.4, 0.5) is 4.79 Å². The molecule has 2 heterocycles. The number of amides is 2. The number of pyridine rings is 1. The zero-order valence-electron chi connectivity index (χ0n) is 14.5. The molecule has 7 nitrogen and oxygen atoms in total. The number of hydrogen-bond acceptors (Lipinski definition) is 4. The monoisotopic (exact) mass is 343 g/mol. The predicted molar refractivity (Wildman–Crippen MR) is 94.2 cm³/mol. The fourth-order valence-corrected chi connectivity index (χ4v) is 3.01. The lowest BCUT2D eigenvalue weighted by Crippen LogP contribution is -2.42. The number of aromatic nitrogens is 3. The van der Waals surface area contributed by atoms with Gasteiger partial charge in [-0.15, -0.1) is 0 Å². The smallest absolute Gasteiger partial charge is 0.315 e. The Morgan fingerprint density at radius 1 is 1.36 bits per heavy atom. The molecule has 0 saturated heterocycles. The van der Waals surface area contributed by atoms with Crippen LogP contribution >= 0.6 is 0 Å². The van der Waals surface area contributed by atoms with Gasteiger partial charge in [0, 0.05) is 36.7 Å². The first-order valence-electron chi connectivity index (χ1n) is 8.83. The first kappa shape index (κ1) is 17.3. The lowest BCUT2D eigenvalue weighted by molar-refractivity contribution is 0.198. The van der Waals surface area contributed by atoms with Crippen molar-refractivity contribution in [3.63, 3.8) is 0 Å². The molecule has 1 aliphatic rings. The number of nitrogens with one attached hydrogen (secondary N) is 2. The van der Waals surface area contributed by atoms with E-state index in [-0.39, 0.29) is 18.2 Å². The van der Waals surface area contributed by atoms with Crippen LogP contribution in [-0.2, 0) is 13.1 Å². The second kappa shape index (κ2) is 8.50. The van der Waals surface area contributed by atoms with Crippen molar-refractivity contribution < 1.29 is 9.53 Å². The summed E-state index contributed by atoms with van der Waals surface area (Å²) in [7, 11) is 0. The molecule has 1 atom stereocenters. The van der Waals surface area contributed by atoms with Crippen LogP contribution < -0.4 is 15.4 Å². The minimum Gasteiger partial charge on any atom is -0.474 e. The Bertz CT molecular complexity index is 668. The van der Waals surface area contributed by atoms with Gasteiger partial charge in [0.1, 0.15) is 6.10 Å². The van der Waals surface area contributed by atoms with Crippen LogP contribution in [-0.4, -0.2) is 32.9 Å². The fourth-order valence-electron chi connectivity index (χ4n) is 3.01. The van der Waals surface area contributed by atoms with E-state index >= 15 is 0 Å². The van der Waals surface area contributed by atoms with Crippen LogP contribution in [0.25, 0.3) is 0 Å². The molecule has 1 aliphatic carbocycles. The second-order valence-electron chi connectivity index (χ2n) is 6.45. The van der Waals surface area contributed by atoms with Crippen molar-refractivity contribution in [2.24, 2.45) is 0 Å². The Labute approximate surface area is 147 Å². The molecule has 25 heavy (non-hydrogen) atoms.